The smallest absolute Gasteiger partial charge is 0.241 e. The third-order valence-electron chi connectivity index (χ3n) is 2.29. The van der Waals surface area contributed by atoms with Crippen molar-refractivity contribution in [2.75, 3.05) is 12.0 Å². The maximum atomic E-state index is 12.2. The van der Waals surface area contributed by atoms with E-state index in [0.29, 0.717) is 11.0 Å². The van der Waals surface area contributed by atoms with Gasteiger partial charge in [0.2, 0.25) is 10.0 Å². The third-order valence-corrected chi connectivity index (χ3v) is 5.71. The maximum absolute atomic E-state index is 12.2. The van der Waals surface area contributed by atoms with Crippen LogP contribution in [-0.2, 0) is 16.6 Å². The Morgan fingerprint density at radius 1 is 1.50 bits per heavy atom. The molecule has 0 bridgehead atoms. The first-order valence-electron chi connectivity index (χ1n) is 5.40. The van der Waals surface area contributed by atoms with Gasteiger partial charge in [0.15, 0.2) is 0 Å². The molecule has 1 rings (SSSR count). The minimum atomic E-state index is -3.51. The van der Waals surface area contributed by atoms with E-state index >= 15 is 0 Å². The van der Waals surface area contributed by atoms with Gasteiger partial charge < -0.3 is 5.73 Å². The zero-order valence-corrected chi connectivity index (χ0v) is 13.5. The summed E-state index contributed by atoms with van der Waals surface area (Å²) in [5.41, 5.74) is 6.32. The minimum Gasteiger partial charge on any atom is -0.326 e. The lowest BCUT2D eigenvalue weighted by Crippen LogP contribution is -2.34. The standard InChI is InChI=1S/C11H17BrN2O2S2/c1-8(7-17-2)14-18(15,16)11-5-9(6-13)3-4-10(11)12/h3-5,8,14H,6-7,13H2,1-2H3. The van der Waals surface area contributed by atoms with Crippen LogP contribution in [0.2, 0.25) is 0 Å². The Labute approximate surface area is 121 Å². The molecule has 1 aromatic carbocycles. The van der Waals surface area contributed by atoms with Gasteiger partial charge in [0, 0.05) is 22.8 Å². The number of nitrogens with two attached hydrogens (primary N) is 1. The molecule has 0 aliphatic heterocycles. The number of rotatable bonds is 6. The van der Waals surface area contributed by atoms with Gasteiger partial charge in [-0.2, -0.15) is 11.8 Å². The summed E-state index contributed by atoms with van der Waals surface area (Å²) in [4.78, 5) is 0.235. The first-order valence-corrected chi connectivity index (χ1v) is 9.07. The number of nitrogens with one attached hydrogen (secondary N) is 1. The summed E-state index contributed by atoms with van der Waals surface area (Å²) < 4.78 is 27.6. The number of hydrogen-bond donors (Lipinski definition) is 2. The summed E-state index contributed by atoms with van der Waals surface area (Å²) >= 11 is 4.86. The van der Waals surface area contributed by atoms with Crippen molar-refractivity contribution in [1.29, 1.82) is 0 Å². The molecule has 18 heavy (non-hydrogen) atoms. The first-order chi connectivity index (χ1) is 8.40. The van der Waals surface area contributed by atoms with Crippen molar-refractivity contribution in [3.8, 4) is 0 Å². The van der Waals surface area contributed by atoms with Crippen molar-refractivity contribution < 1.29 is 8.42 Å². The SMILES string of the molecule is CSCC(C)NS(=O)(=O)c1cc(CN)ccc1Br. The third kappa shape index (κ3) is 4.24. The summed E-state index contributed by atoms with van der Waals surface area (Å²) in [6.45, 7) is 2.16. The Hall–Kier alpha value is -0.0800. The van der Waals surface area contributed by atoms with Crippen LogP contribution in [0.25, 0.3) is 0 Å². The van der Waals surface area contributed by atoms with E-state index in [1.165, 1.54) is 0 Å². The molecule has 0 saturated heterocycles. The molecule has 0 saturated carbocycles. The average molecular weight is 353 g/mol. The molecule has 1 unspecified atom stereocenters. The molecular formula is C11H17BrN2O2S2. The van der Waals surface area contributed by atoms with E-state index in [9.17, 15) is 8.42 Å². The minimum absolute atomic E-state index is 0.113. The monoisotopic (exact) mass is 352 g/mol. The van der Waals surface area contributed by atoms with Crippen LogP contribution in [0.15, 0.2) is 27.6 Å². The molecule has 4 nitrogen and oxygen atoms in total. The number of halogens is 1. The van der Waals surface area contributed by atoms with Crippen LogP contribution in [0.5, 0.6) is 0 Å². The van der Waals surface area contributed by atoms with Crippen LogP contribution in [0.1, 0.15) is 12.5 Å². The molecule has 3 N–H and O–H groups in total. The Morgan fingerprint density at radius 2 is 2.17 bits per heavy atom. The van der Waals surface area contributed by atoms with Gasteiger partial charge in [-0.05, 0) is 46.8 Å². The van der Waals surface area contributed by atoms with Gasteiger partial charge in [-0.1, -0.05) is 6.07 Å². The van der Waals surface area contributed by atoms with Crippen LogP contribution in [-0.4, -0.2) is 26.5 Å². The number of sulfonamides is 1. The van der Waals surface area contributed by atoms with Gasteiger partial charge in [-0.3, -0.25) is 0 Å². The van der Waals surface area contributed by atoms with Gasteiger partial charge in [-0.25, -0.2) is 13.1 Å². The summed E-state index contributed by atoms with van der Waals surface area (Å²) in [6.07, 6.45) is 1.94. The van der Waals surface area contributed by atoms with Gasteiger partial charge in [0.05, 0.1) is 4.90 Å². The van der Waals surface area contributed by atoms with E-state index < -0.39 is 10.0 Å². The Bertz CT molecular complexity index is 506. The Morgan fingerprint density at radius 3 is 2.72 bits per heavy atom. The van der Waals surface area contributed by atoms with E-state index in [1.807, 2.05) is 13.2 Å². The van der Waals surface area contributed by atoms with E-state index in [0.717, 1.165) is 11.3 Å². The predicted molar refractivity (Wildman–Crippen MR) is 80.2 cm³/mol. The van der Waals surface area contributed by atoms with Crippen molar-refractivity contribution in [3.05, 3.63) is 28.2 Å². The van der Waals surface area contributed by atoms with E-state index in [2.05, 4.69) is 20.7 Å². The van der Waals surface area contributed by atoms with Crippen molar-refractivity contribution >= 4 is 37.7 Å². The lowest BCUT2D eigenvalue weighted by Gasteiger charge is -2.14. The highest BCUT2D eigenvalue weighted by atomic mass is 79.9. The summed E-state index contributed by atoms with van der Waals surface area (Å²) in [6, 6.07) is 4.99. The molecule has 0 aliphatic carbocycles. The predicted octanol–water partition coefficient (Wildman–Crippen LogP) is 1.94. The molecule has 0 amide bonds. The molecular weight excluding hydrogens is 336 g/mol. The fourth-order valence-corrected chi connectivity index (χ4v) is 4.44. The largest absolute Gasteiger partial charge is 0.326 e. The van der Waals surface area contributed by atoms with Crippen LogP contribution in [0.4, 0.5) is 0 Å². The molecule has 102 valence electrons. The summed E-state index contributed by atoms with van der Waals surface area (Å²) in [7, 11) is -3.51. The number of hydrogen-bond acceptors (Lipinski definition) is 4. The van der Waals surface area contributed by atoms with Gasteiger partial charge in [-0.15, -0.1) is 0 Å². The highest BCUT2D eigenvalue weighted by molar-refractivity contribution is 9.10. The zero-order valence-electron chi connectivity index (χ0n) is 10.3. The van der Waals surface area contributed by atoms with Crippen molar-refractivity contribution in [2.24, 2.45) is 5.73 Å². The second-order valence-electron chi connectivity index (χ2n) is 3.95. The fraction of sp³-hybridized carbons (Fsp3) is 0.455. The summed E-state index contributed by atoms with van der Waals surface area (Å²) in [5, 5.41) is 0. The van der Waals surface area contributed by atoms with E-state index in [4.69, 9.17) is 5.73 Å². The molecule has 1 aromatic rings. The molecule has 0 fully saturated rings. The molecule has 0 heterocycles. The van der Waals surface area contributed by atoms with Gasteiger partial charge >= 0.3 is 0 Å². The molecule has 0 aromatic heterocycles. The van der Waals surface area contributed by atoms with E-state index in [-0.39, 0.29) is 10.9 Å². The molecule has 7 heteroatoms. The first kappa shape index (κ1) is 16.0. The maximum Gasteiger partial charge on any atom is 0.241 e. The Balaban J connectivity index is 3.04. The molecule has 1 atom stereocenters. The quantitative estimate of drug-likeness (QED) is 0.820. The van der Waals surface area contributed by atoms with Crippen LogP contribution in [0, 0.1) is 0 Å². The number of benzene rings is 1. The van der Waals surface area contributed by atoms with Crippen LogP contribution in [0.3, 0.4) is 0 Å². The van der Waals surface area contributed by atoms with Crippen LogP contribution >= 0.6 is 27.7 Å². The normalized spacial score (nSPS) is 13.6. The highest BCUT2D eigenvalue weighted by Crippen LogP contribution is 2.23. The fourth-order valence-electron chi connectivity index (χ4n) is 1.49. The lowest BCUT2D eigenvalue weighted by molar-refractivity contribution is 0.570. The topological polar surface area (TPSA) is 72.2 Å². The van der Waals surface area contributed by atoms with Gasteiger partial charge in [0.25, 0.3) is 0 Å². The zero-order chi connectivity index (χ0) is 13.8. The number of thioether (sulfide) groups is 1. The summed E-state index contributed by atoms with van der Waals surface area (Å²) in [5.74, 6) is 0.730. The Kier molecular flexibility index (Phi) is 6.13. The lowest BCUT2D eigenvalue weighted by atomic mass is 10.2. The second-order valence-corrected chi connectivity index (χ2v) is 7.39. The van der Waals surface area contributed by atoms with Gasteiger partial charge in [0.1, 0.15) is 0 Å². The van der Waals surface area contributed by atoms with Crippen molar-refractivity contribution in [1.82, 2.24) is 4.72 Å². The molecule has 0 radical (unpaired) electrons. The second kappa shape index (κ2) is 6.91. The molecule has 0 spiro atoms. The van der Waals surface area contributed by atoms with Crippen molar-refractivity contribution in [2.45, 2.75) is 24.4 Å². The van der Waals surface area contributed by atoms with Crippen LogP contribution < -0.4 is 10.5 Å². The van der Waals surface area contributed by atoms with E-state index in [1.54, 1.807) is 30.0 Å². The van der Waals surface area contributed by atoms with Crippen molar-refractivity contribution in [3.63, 3.8) is 0 Å². The molecule has 0 aliphatic rings. The highest BCUT2D eigenvalue weighted by Gasteiger charge is 2.20. The average Bonchev–Trinajstić information content (AvgIpc) is 2.29.